The molecule has 0 saturated carbocycles. The molecule has 1 fully saturated rings. The first-order valence-electron chi connectivity index (χ1n) is 5.51. The van der Waals surface area contributed by atoms with Gasteiger partial charge in [0.05, 0.1) is 30.8 Å². The lowest BCUT2D eigenvalue weighted by atomic mass is 10.3. The zero-order chi connectivity index (χ0) is 13.0. The highest BCUT2D eigenvalue weighted by Crippen LogP contribution is 2.22. The number of anilines is 2. The smallest absolute Gasteiger partial charge is 0.311 e. The number of hydrogen-bond acceptors (Lipinski definition) is 7. The van der Waals surface area contributed by atoms with Crippen molar-refractivity contribution in [1.82, 2.24) is 4.98 Å². The van der Waals surface area contributed by atoms with Crippen molar-refractivity contribution in [2.75, 3.05) is 37.4 Å². The molecule has 0 aliphatic carbocycles. The van der Waals surface area contributed by atoms with Crippen molar-refractivity contribution in [2.24, 2.45) is 0 Å². The van der Waals surface area contributed by atoms with Gasteiger partial charge in [-0.3, -0.25) is 10.1 Å². The summed E-state index contributed by atoms with van der Waals surface area (Å²) in [4.78, 5) is 14.2. The molecule has 8 nitrogen and oxygen atoms in total. The third-order valence-electron chi connectivity index (χ3n) is 2.47. The molecule has 1 aliphatic heterocycles. The van der Waals surface area contributed by atoms with Crippen molar-refractivity contribution in [2.45, 2.75) is 6.10 Å². The molecule has 0 radical (unpaired) electrons. The molecule has 0 amide bonds. The zero-order valence-electron chi connectivity index (χ0n) is 9.67. The standard InChI is InChI=1S/C10H14N4O4/c11-9-2-1-8(14(15)16)10(13-9)12-5-7-6-17-3-4-18-7/h1-2,7H,3-6H2,(H3,11,12,13). The van der Waals surface area contributed by atoms with E-state index in [-0.39, 0.29) is 23.4 Å². The van der Waals surface area contributed by atoms with E-state index in [2.05, 4.69) is 10.3 Å². The van der Waals surface area contributed by atoms with Crippen LogP contribution in [0.25, 0.3) is 0 Å². The van der Waals surface area contributed by atoms with Gasteiger partial charge in [-0.2, -0.15) is 0 Å². The van der Waals surface area contributed by atoms with Crippen LogP contribution >= 0.6 is 0 Å². The third kappa shape index (κ3) is 3.05. The van der Waals surface area contributed by atoms with E-state index >= 15 is 0 Å². The number of aromatic nitrogens is 1. The van der Waals surface area contributed by atoms with Crippen molar-refractivity contribution in [3.63, 3.8) is 0 Å². The molecule has 8 heteroatoms. The quantitative estimate of drug-likeness (QED) is 0.590. The Kier molecular flexibility index (Phi) is 3.90. The first-order chi connectivity index (χ1) is 8.66. The van der Waals surface area contributed by atoms with E-state index in [0.29, 0.717) is 26.4 Å². The van der Waals surface area contributed by atoms with E-state index in [1.165, 1.54) is 12.1 Å². The van der Waals surface area contributed by atoms with Crippen LogP contribution in [0.5, 0.6) is 0 Å². The van der Waals surface area contributed by atoms with Gasteiger partial charge in [-0.05, 0) is 6.07 Å². The summed E-state index contributed by atoms with van der Waals surface area (Å²) in [5, 5.41) is 13.7. The minimum absolute atomic E-state index is 0.110. The Hall–Kier alpha value is -1.93. The SMILES string of the molecule is Nc1ccc([N+](=O)[O-])c(NCC2COCCO2)n1. The Morgan fingerprint density at radius 1 is 1.56 bits per heavy atom. The fourth-order valence-corrected chi connectivity index (χ4v) is 1.61. The lowest BCUT2D eigenvalue weighted by Gasteiger charge is -2.23. The third-order valence-corrected chi connectivity index (χ3v) is 2.47. The maximum Gasteiger partial charge on any atom is 0.311 e. The zero-order valence-corrected chi connectivity index (χ0v) is 9.67. The number of rotatable bonds is 4. The normalized spacial score (nSPS) is 19.4. The molecule has 1 aliphatic rings. The Balaban J connectivity index is 2.03. The van der Waals surface area contributed by atoms with Gasteiger partial charge in [0.25, 0.3) is 0 Å². The molecule has 18 heavy (non-hydrogen) atoms. The Labute approximate surface area is 103 Å². The number of nitrogen functional groups attached to an aromatic ring is 1. The van der Waals surface area contributed by atoms with Crippen molar-refractivity contribution in [3.8, 4) is 0 Å². The van der Waals surface area contributed by atoms with Gasteiger partial charge in [-0.25, -0.2) is 4.98 Å². The molecule has 1 atom stereocenters. The minimum Gasteiger partial charge on any atom is -0.384 e. The molecule has 1 aromatic rings. The molecule has 0 bridgehead atoms. The van der Waals surface area contributed by atoms with E-state index in [4.69, 9.17) is 15.2 Å². The average molecular weight is 254 g/mol. The molecule has 2 heterocycles. The van der Waals surface area contributed by atoms with E-state index in [1.807, 2.05) is 0 Å². The predicted molar refractivity (Wildman–Crippen MR) is 64.4 cm³/mol. The number of pyridine rings is 1. The number of nitro groups is 1. The summed E-state index contributed by atoms with van der Waals surface area (Å²) >= 11 is 0. The van der Waals surface area contributed by atoms with E-state index < -0.39 is 4.92 Å². The molecule has 1 aromatic heterocycles. The van der Waals surface area contributed by atoms with Crippen LogP contribution in [0, 0.1) is 10.1 Å². The van der Waals surface area contributed by atoms with Crippen LogP contribution in [0.15, 0.2) is 12.1 Å². The Morgan fingerprint density at radius 3 is 3.06 bits per heavy atom. The maximum atomic E-state index is 10.8. The van der Waals surface area contributed by atoms with E-state index in [0.717, 1.165) is 0 Å². The Morgan fingerprint density at radius 2 is 2.39 bits per heavy atom. The van der Waals surface area contributed by atoms with Gasteiger partial charge < -0.3 is 20.5 Å². The highest BCUT2D eigenvalue weighted by atomic mass is 16.6. The number of ether oxygens (including phenoxy) is 2. The van der Waals surface area contributed by atoms with Gasteiger partial charge >= 0.3 is 5.69 Å². The molecule has 1 saturated heterocycles. The molecule has 1 unspecified atom stereocenters. The molecule has 0 spiro atoms. The van der Waals surface area contributed by atoms with Crippen molar-refractivity contribution in [3.05, 3.63) is 22.2 Å². The lowest BCUT2D eigenvalue weighted by Crippen LogP contribution is -2.34. The number of nitrogens with two attached hydrogens (primary N) is 1. The molecular weight excluding hydrogens is 240 g/mol. The summed E-state index contributed by atoms with van der Waals surface area (Å²) < 4.78 is 10.6. The monoisotopic (exact) mass is 254 g/mol. The second-order valence-corrected chi connectivity index (χ2v) is 3.81. The Bertz CT molecular complexity index is 434. The van der Waals surface area contributed by atoms with E-state index in [9.17, 15) is 10.1 Å². The second kappa shape index (κ2) is 5.61. The fraction of sp³-hybridized carbons (Fsp3) is 0.500. The summed E-state index contributed by atoms with van der Waals surface area (Å²) in [6, 6.07) is 2.71. The fourth-order valence-electron chi connectivity index (χ4n) is 1.61. The second-order valence-electron chi connectivity index (χ2n) is 3.81. The lowest BCUT2D eigenvalue weighted by molar-refractivity contribution is -0.384. The first-order valence-corrected chi connectivity index (χ1v) is 5.51. The van der Waals surface area contributed by atoms with Crippen molar-refractivity contribution in [1.29, 1.82) is 0 Å². The van der Waals surface area contributed by atoms with Gasteiger partial charge in [0.1, 0.15) is 5.82 Å². The van der Waals surface area contributed by atoms with Crippen LogP contribution in [0.1, 0.15) is 0 Å². The summed E-state index contributed by atoms with van der Waals surface area (Å²) in [5.41, 5.74) is 5.40. The number of nitrogens with zero attached hydrogens (tertiary/aromatic N) is 2. The summed E-state index contributed by atoms with van der Waals surface area (Å²) in [6.07, 6.45) is -0.137. The number of hydrogen-bond donors (Lipinski definition) is 2. The van der Waals surface area contributed by atoms with Gasteiger partial charge in [0.2, 0.25) is 5.82 Å². The van der Waals surface area contributed by atoms with Crippen LogP contribution in [0.3, 0.4) is 0 Å². The predicted octanol–water partition coefficient (Wildman–Crippen LogP) is 0.399. The minimum atomic E-state index is -0.507. The van der Waals surface area contributed by atoms with Crippen LogP contribution < -0.4 is 11.1 Å². The summed E-state index contributed by atoms with van der Waals surface area (Å²) in [6.45, 7) is 1.95. The largest absolute Gasteiger partial charge is 0.384 e. The van der Waals surface area contributed by atoms with Gasteiger partial charge in [0, 0.05) is 12.6 Å². The van der Waals surface area contributed by atoms with Crippen molar-refractivity contribution >= 4 is 17.3 Å². The average Bonchev–Trinajstić information content (AvgIpc) is 2.37. The molecule has 98 valence electrons. The van der Waals surface area contributed by atoms with E-state index in [1.54, 1.807) is 0 Å². The van der Waals surface area contributed by atoms with Crippen LogP contribution in [-0.2, 0) is 9.47 Å². The molecular formula is C10H14N4O4. The summed E-state index contributed by atoms with van der Waals surface area (Å²) in [7, 11) is 0. The number of nitrogens with one attached hydrogen (secondary N) is 1. The van der Waals surface area contributed by atoms with Crippen LogP contribution in [-0.4, -0.2) is 42.4 Å². The van der Waals surface area contributed by atoms with Crippen LogP contribution in [0.2, 0.25) is 0 Å². The van der Waals surface area contributed by atoms with Gasteiger partial charge in [-0.15, -0.1) is 0 Å². The topological polar surface area (TPSA) is 113 Å². The molecule has 0 aromatic carbocycles. The molecule has 2 rings (SSSR count). The van der Waals surface area contributed by atoms with Gasteiger partial charge in [-0.1, -0.05) is 0 Å². The van der Waals surface area contributed by atoms with Crippen LogP contribution in [0.4, 0.5) is 17.3 Å². The van der Waals surface area contributed by atoms with Crippen molar-refractivity contribution < 1.29 is 14.4 Å². The summed E-state index contributed by atoms with van der Waals surface area (Å²) in [5.74, 6) is 0.373. The van der Waals surface area contributed by atoms with Gasteiger partial charge in [0.15, 0.2) is 0 Å². The highest BCUT2D eigenvalue weighted by Gasteiger charge is 2.19. The maximum absolute atomic E-state index is 10.8. The highest BCUT2D eigenvalue weighted by molar-refractivity contribution is 5.59. The molecule has 3 N–H and O–H groups in total. The first kappa shape index (κ1) is 12.5.